The van der Waals surface area contributed by atoms with Gasteiger partial charge in [0, 0.05) is 0 Å². The molecule has 0 aliphatic carbocycles. The van der Waals surface area contributed by atoms with E-state index >= 15 is 0 Å². The van der Waals surface area contributed by atoms with E-state index < -0.39 is 0 Å². The van der Waals surface area contributed by atoms with Crippen LogP contribution in [0.4, 0.5) is 11.5 Å². The first-order valence-electron chi connectivity index (χ1n) is 7.07. The first kappa shape index (κ1) is 15.1. The smallest absolute Gasteiger partial charge is 0.242 e. The van der Waals surface area contributed by atoms with Crippen LogP contribution in [0.5, 0.6) is 5.88 Å². The number of hydrogen-bond acceptors (Lipinski definition) is 5. The van der Waals surface area contributed by atoms with Gasteiger partial charge in [0.25, 0.3) is 0 Å². The Hall–Kier alpha value is -2.30. The maximum Gasteiger partial charge on any atom is 0.242 e. The standard InChI is InChI=1S/C16H22N4O/c1-10(2)21-16-14(17)15(18-9-19-16)20-12(4)13-7-5-11(3)6-8-13/h5-10,12H,17H2,1-4H3,(H,18,19,20). The molecule has 1 heterocycles. The van der Waals surface area contributed by atoms with E-state index in [-0.39, 0.29) is 12.1 Å². The summed E-state index contributed by atoms with van der Waals surface area (Å²) in [6, 6.07) is 8.45. The number of nitrogens with zero attached hydrogens (tertiary/aromatic N) is 2. The zero-order chi connectivity index (χ0) is 15.4. The minimum atomic E-state index is 0.0181. The van der Waals surface area contributed by atoms with E-state index in [1.54, 1.807) is 0 Å². The van der Waals surface area contributed by atoms with E-state index in [0.29, 0.717) is 17.4 Å². The van der Waals surface area contributed by atoms with Crippen LogP contribution >= 0.6 is 0 Å². The van der Waals surface area contributed by atoms with Crippen molar-refractivity contribution in [1.29, 1.82) is 0 Å². The Morgan fingerprint density at radius 3 is 2.38 bits per heavy atom. The molecule has 0 aliphatic heterocycles. The second-order valence-corrected chi connectivity index (χ2v) is 5.38. The predicted molar refractivity (Wildman–Crippen MR) is 85.4 cm³/mol. The first-order valence-corrected chi connectivity index (χ1v) is 7.07. The number of aromatic nitrogens is 2. The van der Waals surface area contributed by atoms with E-state index in [9.17, 15) is 0 Å². The van der Waals surface area contributed by atoms with Crippen LogP contribution in [0.15, 0.2) is 30.6 Å². The van der Waals surface area contributed by atoms with Crippen molar-refractivity contribution in [3.05, 3.63) is 41.7 Å². The Morgan fingerprint density at radius 1 is 1.10 bits per heavy atom. The lowest BCUT2D eigenvalue weighted by atomic mass is 10.1. The van der Waals surface area contributed by atoms with E-state index in [2.05, 4.69) is 53.4 Å². The fourth-order valence-corrected chi connectivity index (χ4v) is 1.96. The average molecular weight is 286 g/mol. The number of nitrogens with one attached hydrogen (secondary N) is 1. The number of anilines is 2. The van der Waals surface area contributed by atoms with Crippen molar-refractivity contribution in [1.82, 2.24) is 9.97 Å². The van der Waals surface area contributed by atoms with Crippen molar-refractivity contribution in [2.75, 3.05) is 11.1 Å². The second-order valence-electron chi connectivity index (χ2n) is 5.38. The third kappa shape index (κ3) is 3.84. The van der Waals surface area contributed by atoms with Gasteiger partial charge in [-0.3, -0.25) is 0 Å². The normalized spacial score (nSPS) is 12.2. The zero-order valence-corrected chi connectivity index (χ0v) is 12.9. The number of hydrogen-bond donors (Lipinski definition) is 2. The van der Waals surface area contributed by atoms with Crippen molar-refractivity contribution in [2.24, 2.45) is 0 Å². The summed E-state index contributed by atoms with van der Waals surface area (Å²) in [5.41, 5.74) is 8.91. The number of aryl methyl sites for hydroxylation is 1. The molecule has 0 aliphatic rings. The Kier molecular flexibility index (Phi) is 4.62. The molecule has 5 nitrogen and oxygen atoms in total. The van der Waals surface area contributed by atoms with Gasteiger partial charge in [-0.1, -0.05) is 29.8 Å². The molecule has 3 N–H and O–H groups in total. The molecule has 0 bridgehead atoms. The van der Waals surface area contributed by atoms with Crippen LogP contribution in [0.1, 0.15) is 37.9 Å². The Morgan fingerprint density at radius 2 is 1.76 bits per heavy atom. The summed E-state index contributed by atoms with van der Waals surface area (Å²) in [5.74, 6) is 1.01. The molecular weight excluding hydrogens is 264 g/mol. The molecule has 0 spiro atoms. The zero-order valence-electron chi connectivity index (χ0n) is 12.9. The number of ether oxygens (including phenoxy) is 1. The van der Waals surface area contributed by atoms with Gasteiger partial charge >= 0.3 is 0 Å². The fourth-order valence-electron chi connectivity index (χ4n) is 1.96. The molecule has 1 aromatic heterocycles. The highest BCUT2D eigenvalue weighted by Crippen LogP contribution is 2.28. The highest BCUT2D eigenvalue weighted by Gasteiger charge is 2.13. The lowest BCUT2D eigenvalue weighted by Gasteiger charge is -2.18. The maximum absolute atomic E-state index is 6.07. The lowest BCUT2D eigenvalue weighted by molar-refractivity contribution is 0.234. The molecule has 2 rings (SSSR count). The number of benzene rings is 1. The van der Waals surface area contributed by atoms with Crippen LogP contribution in [0.2, 0.25) is 0 Å². The Labute approximate surface area is 125 Å². The molecule has 0 amide bonds. The molecule has 112 valence electrons. The summed E-state index contributed by atoms with van der Waals surface area (Å²) < 4.78 is 5.57. The summed E-state index contributed by atoms with van der Waals surface area (Å²) in [6.07, 6.45) is 1.47. The summed E-state index contributed by atoms with van der Waals surface area (Å²) in [5, 5.41) is 3.30. The molecule has 0 fully saturated rings. The molecule has 1 aromatic carbocycles. The fraction of sp³-hybridized carbons (Fsp3) is 0.375. The number of rotatable bonds is 5. The van der Waals surface area contributed by atoms with Crippen LogP contribution in [0, 0.1) is 6.92 Å². The largest absolute Gasteiger partial charge is 0.473 e. The molecule has 2 aromatic rings. The van der Waals surface area contributed by atoms with Gasteiger partial charge in [0.05, 0.1) is 12.1 Å². The SMILES string of the molecule is Cc1ccc(C(C)Nc2ncnc(OC(C)C)c2N)cc1. The van der Waals surface area contributed by atoms with Gasteiger partial charge in [-0.05, 0) is 33.3 Å². The Balaban J connectivity index is 2.17. The molecule has 1 unspecified atom stereocenters. The molecule has 21 heavy (non-hydrogen) atoms. The van der Waals surface area contributed by atoms with Crippen molar-refractivity contribution in [3.63, 3.8) is 0 Å². The van der Waals surface area contributed by atoms with Crippen LogP contribution < -0.4 is 15.8 Å². The summed E-state index contributed by atoms with van der Waals surface area (Å²) in [6.45, 7) is 8.00. The van der Waals surface area contributed by atoms with Gasteiger partial charge < -0.3 is 15.8 Å². The van der Waals surface area contributed by atoms with Crippen molar-refractivity contribution in [3.8, 4) is 5.88 Å². The van der Waals surface area contributed by atoms with E-state index in [4.69, 9.17) is 10.5 Å². The third-order valence-corrected chi connectivity index (χ3v) is 3.13. The quantitative estimate of drug-likeness (QED) is 0.882. The van der Waals surface area contributed by atoms with Gasteiger partial charge in [0.2, 0.25) is 5.88 Å². The average Bonchev–Trinajstić information content (AvgIpc) is 2.43. The topological polar surface area (TPSA) is 73.1 Å². The summed E-state index contributed by atoms with van der Waals surface area (Å²) in [7, 11) is 0. The van der Waals surface area contributed by atoms with Gasteiger partial charge in [-0.2, -0.15) is 4.98 Å². The molecular formula is C16H22N4O. The van der Waals surface area contributed by atoms with E-state index in [1.807, 2.05) is 13.8 Å². The number of nitrogen functional groups attached to an aromatic ring is 1. The second kappa shape index (κ2) is 6.43. The van der Waals surface area contributed by atoms with Crippen LogP contribution in [0.25, 0.3) is 0 Å². The lowest BCUT2D eigenvalue weighted by Crippen LogP contribution is -2.13. The van der Waals surface area contributed by atoms with Crippen LogP contribution in [0.3, 0.4) is 0 Å². The number of nitrogens with two attached hydrogens (primary N) is 1. The summed E-state index contributed by atoms with van der Waals surface area (Å²) >= 11 is 0. The van der Waals surface area contributed by atoms with Gasteiger partial charge in [-0.25, -0.2) is 4.98 Å². The van der Waals surface area contributed by atoms with E-state index in [1.165, 1.54) is 17.5 Å². The summed E-state index contributed by atoms with van der Waals surface area (Å²) in [4.78, 5) is 8.27. The highest BCUT2D eigenvalue weighted by atomic mass is 16.5. The maximum atomic E-state index is 6.07. The van der Waals surface area contributed by atoms with Gasteiger partial charge in [0.1, 0.15) is 12.0 Å². The monoisotopic (exact) mass is 286 g/mol. The molecule has 0 saturated carbocycles. The predicted octanol–water partition coefficient (Wildman–Crippen LogP) is 3.33. The van der Waals surface area contributed by atoms with Gasteiger partial charge in [-0.15, -0.1) is 0 Å². The Bertz CT molecular complexity index is 596. The third-order valence-electron chi connectivity index (χ3n) is 3.13. The minimum Gasteiger partial charge on any atom is -0.473 e. The van der Waals surface area contributed by atoms with Crippen LogP contribution in [-0.2, 0) is 0 Å². The molecule has 0 radical (unpaired) electrons. The molecule has 0 saturated heterocycles. The van der Waals surface area contributed by atoms with Crippen molar-refractivity contribution < 1.29 is 4.74 Å². The highest BCUT2D eigenvalue weighted by molar-refractivity contribution is 5.67. The molecule has 1 atom stereocenters. The van der Waals surface area contributed by atoms with Crippen LogP contribution in [-0.4, -0.2) is 16.1 Å². The molecule has 5 heteroatoms. The first-order chi connectivity index (χ1) is 9.97. The van der Waals surface area contributed by atoms with Crippen molar-refractivity contribution >= 4 is 11.5 Å². The minimum absolute atomic E-state index is 0.0181. The van der Waals surface area contributed by atoms with Crippen molar-refractivity contribution in [2.45, 2.75) is 39.8 Å². The van der Waals surface area contributed by atoms with Gasteiger partial charge in [0.15, 0.2) is 5.82 Å². The van der Waals surface area contributed by atoms with E-state index in [0.717, 1.165) is 0 Å².